The predicted octanol–water partition coefficient (Wildman–Crippen LogP) is 1.54. The lowest BCUT2D eigenvalue weighted by atomic mass is 10.1. The molecule has 0 unspecified atom stereocenters. The molecule has 4 rings (SSSR count). The number of carbonyl (C=O) groups is 1. The van der Waals surface area contributed by atoms with Gasteiger partial charge >= 0.3 is 0 Å². The van der Waals surface area contributed by atoms with E-state index in [1.807, 2.05) is 13.8 Å². The normalized spacial score (nSPS) is 13.7. The Hall–Kier alpha value is -3.36. The van der Waals surface area contributed by atoms with Crippen LogP contribution in [0, 0.1) is 0 Å². The van der Waals surface area contributed by atoms with Crippen LogP contribution in [0.15, 0.2) is 34.0 Å². The van der Waals surface area contributed by atoms with Crippen molar-refractivity contribution >= 4 is 5.91 Å². The Morgan fingerprint density at radius 2 is 2.19 bits per heavy atom. The van der Waals surface area contributed by atoms with E-state index in [4.69, 9.17) is 4.52 Å². The standard InChI is InChI=1S/C18H18N6O3/c1-10(2)15-7-13(23-27-15)18(26)24-6-3-12-11(9-24)17(25)22-16(21-12)14-8-19-4-5-20-14/h4-5,7-8,10H,3,6,9H2,1-2H3,(H,21,22,25). The van der Waals surface area contributed by atoms with Crippen LogP contribution in [0.2, 0.25) is 0 Å². The summed E-state index contributed by atoms with van der Waals surface area (Å²) >= 11 is 0. The molecule has 3 aromatic rings. The number of carbonyl (C=O) groups excluding carboxylic acids is 1. The summed E-state index contributed by atoms with van der Waals surface area (Å²) in [5.41, 5.74) is 1.63. The van der Waals surface area contributed by atoms with Crippen LogP contribution in [0.4, 0.5) is 0 Å². The first-order valence-electron chi connectivity index (χ1n) is 8.67. The number of aromatic amines is 1. The molecule has 0 aliphatic carbocycles. The Labute approximate surface area is 154 Å². The van der Waals surface area contributed by atoms with Crippen LogP contribution in [-0.2, 0) is 13.0 Å². The molecule has 3 aromatic heterocycles. The highest BCUT2D eigenvalue weighted by atomic mass is 16.5. The number of H-pyrrole nitrogens is 1. The van der Waals surface area contributed by atoms with Crippen molar-refractivity contribution in [2.75, 3.05) is 6.54 Å². The number of nitrogens with one attached hydrogen (secondary N) is 1. The van der Waals surface area contributed by atoms with E-state index in [0.29, 0.717) is 41.5 Å². The minimum Gasteiger partial charge on any atom is -0.360 e. The Morgan fingerprint density at radius 1 is 1.33 bits per heavy atom. The molecule has 1 aliphatic heterocycles. The van der Waals surface area contributed by atoms with Crippen LogP contribution in [0.5, 0.6) is 0 Å². The van der Waals surface area contributed by atoms with E-state index in [0.717, 1.165) is 0 Å². The van der Waals surface area contributed by atoms with Gasteiger partial charge in [0.15, 0.2) is 11.5 Å². The second-order valence-corrected chi connectivity index (χ2v) is 6.68. The van der Waals surface area contributed by atoms with Gasteiger partial charge in [-0.05, 0) is 0 Å². The first kappa shape index (κ1) is 17.1. The molecule has 0 fully saturated rings. The second-order valence-electron chi connectivity index (χ2n) is 6.68. The molecule has 1 aliphatic rings. The van der Waals surface area contributed by atoms with Crippen LogP contribution in [-0.4, -0.2) is 42.4 Å². The van der Waals surface area contributed by atoms with Crippen LogP contribution in [0.25, 0.3) is 11.5 Å². The summed E-state index contributed by atoms with van der Waals surface area (Å²) in [5, 5.41) is 3.86. The molecule has 9 nitrogen and oxygen atoms in total. The molecule has 4 heterocycles. The highest BCUT2D eigenvalue weighted by molar-refractivity contribution is 5.92. The van der Waals surface area contributed by atoms with Gasteiger partial charge in [0, 0.05) is 37.3 Å². The van der Waals surface area contributed by atoms with Gasteiger partial charge < -0.3 is 14.4 Å². The molecule has 0 saturated carbocycles. The number of hydrogen-bond donors (Lipinski definition) is 1. The van der Waals surface area contributed by atoms with Crippen molar-refractivity contribution in [3.8, 4) is 11.5 Å². The third-order valence-electron chi connectivity index (χ3n) is 4.48. The summed E-state index contributed by atoms with van der Waals surface area (Å²) in [6, 6.07) is 1.65. The van der Waals surface area contributed by atoms with Crippen molar-refractivity contribution in [1.82, 2.24) is 30.0 Å². The quantitative estimate of drug-likeness (QED) is 0.747. The number of aromatic nitrogens is 5. The number of fused-ring (bicyclic) bond motifs is 1. The maximum atomic E-state index is 12.7. The summed E-state index contributed by atoms with van der Waals surface area (Å²) in [6.45, 7) is 4.56. The van der Waals surface area contributed by atoms with Crippen molar-refractivity contribution in [2.45, 2.75) is 32.7 Å². The van der Waals surface area contributed by atoms with Gasteiger partial charge in [0.25, 0.3) is 11.5 Å². The van der Waals surface area contributed by atoms with E-state index < -0.39 is 0 Å². The molecule has 1 N–H and O–H groups in total. The average Bonchev–Trinajstić information content (AvgIpc) is 3.18. The summed E-state index contributed by atoms with van der Waals surface area (Å²) in [6.07, 6.45) is 5.12. The molecule has 0 bridgehead atoms. The number of hydrogen-bond acceptors (Lipinski definition) is 7. The zero-order chi connectivity index (χ0) is 19.0. The lowest BCUT2D eigenvalue weighted by Crippen LogP contribution is -2.39. The maximum Gasteiger partial charge on any atom is 0.276 e. The van der Waals surface area contributed by atoms with E-state index in [1.54, 1.807) is 29.6 Å². The van der Waals surface area contributed by atoms with Gasteiger partial charge in [-0.1, -0.05) is 19.0 Å². The summed E-state index contributed by atoms with van der Waals surface area (Å²) < 4.78 is 5.21. The van der Waals surface area contributed by atoms with Crippen molar-refractivity contribution in [1.29, 1.82) is 0 Å². The monoisotopic (exact) mass is 366 g/mol. The van der Waals surface area contributed by atoms with E-state index in [9.17, 15) is 9.59 Å². The molecule has 9 heteroatoms. The Morgan fingerprint density at radius 3 is 2.89 bits per heavy atom. The molecule has 0 spiro atoms. The lowest BCUT2D eigenvalue weighted by Gasteiger charge is -2.27. The van der Waals surface area contributed by atoms with Crippen LogP contribution in [0.1, 0.15) is 47.3 Å². The fourth-order valence-electron chi connectivity index (χ4n) is 2.97. The molecule has 0 aromatic carbocycles. The fourth-order valence-corrected chi connectivity index (χ4v) is 2.97. The highest BCUT2D eigenvalue weighted by Gasteiger charge is 2.27. The first-order valence-corrected chi connectivity index (χ1v) is 8.67. The van der Waals surface area contributed by atoms with Crippen molar-refractivity contribution < 1.29 is 9.32 Å². The molecule has 1 amide bonds. The average molecular weight is 366 g/mol. The predicted molar refractivity (Wildman–Crippen MR) is 94.9 cm³/mol. The van der Waals surface area contributed by atoms with Gasteiger partial charge in [0.1, 0.15) is 11.5 Å². The molecule has 138 valence electrons. The Kier molecular flexibility index (Phi) is 4.27. The zero-order valence-electron chi connectivity index (χ0n) is 15.0. The maximum absolute atomic E-state index is 12.7. The van der Waals surface area contributed by atoms with Gasteiger partial charge in [-0.3, -0.25) is 14.6 Å². The van der Waals surface area contributed by atoms with Crippen LogP contribution in [0.3, 0.4) is 0 Å². The van der Waals surface area contributed by atoms with E-state index >= 15 is 0 Å². The highest BCUT2D eigenvalue weighted by Crippen LogP contribution is 2.20. The largest absolute Gasteiger partial charge is 0.360 e. The number of rotatable bonds is 3. The lowest BCUT2D eigenvalue weighted by molar-refractivity contribution is 0.0722. The van der Waals surface area contributed by atoms with Gasteiger partial charge in [-0.25, -0.2) is 9.97 Å². The first-order chi connectivity index (χ1) is 13.0. The van der Waals surface area contributed by atoms with E-state index in [-0.39, 0.29) is 29.6 Å². The molecular weight excluding hydrogens is 348 g/mol. The van der Waals surface area contributed by atoms with Crippen LogP contribution < -0.4 is 5.56 Å². The second kappa shape index (κ2) is 6.75. The van der Waals surface area contributed by atoms with Gasteiger partial charge in [0.05, 0.1) is 24.0 Å². The van der Waals surface area contributed by atoms with Crippen molar-refractivity contribution in [3.05, 3.63) is 57.7 Å². The molecular formula is C18H18N6O3. The SMILES string of the molecule is CC(C)c1cc(C(=O)N2CCc3nc(-c4cnccn4)[nH]c(=O)c3C2)no1. The smallest absolute Gasteiger partial charge is 0.276 e. The molecule has 0 atom stereocenters. The van der Waals surface area contributed by atoms with Gasteiger partial charge in [-0.15, -0.1) is 0 Å². The summed E-state index contributed by atoms with van der Waals surface area (Å²) in [7, 11) is 0. The fraction of sp³-hybridized carbons (Fsp3) is 0.333. The molecule has 27 heavy (non-hydrogen) atoms. The van der Waals surface area contributed by atoms with E-state index in [2.05, 4.69) is 25.1 Å². The summed E-state index contributed by atoms with van der Waals surface area (Å²) in [5.74, 6) is 0.926. The molecule has 0 saturated heterocycles. The minimum absolute atomic E-state index is 0.146. The number of nitrogens with zero attached hydrogens (tertiary/aromatic N) is 5. The van der Waals surface area contributed by atoms with Gasteiger partial charge in [0.2, 0.25) is 0 Å². The third-order valence-corrected chi connectivity index (χ3v) is 4.48. The number of amides is 1. The topological polar surface area (TPSA) is 118 Å². The minimum atomic E-state index is -0.277. The zero-order valence-corrected chi connectivity index (χ0v) is 15.0. The molecule has 0 radical (unpaired) electrons. The van der Waals surface area contributed by atoms with Crippen molar-refractivity contribution in [2.24, 2.45) is 0 Å². The Bertz CT molecular complexity index is 1040. The van der Waals surface area contributed by atoms with Crippen LogP contribution >= 0.6 is 0 Å². The van der Waals surface area contributed by atoms with Gasteiger partial charge in [-0.2, -0.15) is 0 Å². The van der Waals surface area contributed by atoms with Crippen molar-refractivity contribution in [3.63, 3.8) is 0 Å². The summed E-state index contributed by atoms with van der Waals surface area (Å²) in [4.78, 5) is 42.2. The third kappa shape index (κ3) is 3.23. The van der Waals surface area contributed by atoms with E-state index in [1.165, 1.54) is 0 Å². The Balaban J connectivity index is 1.60.